The topological polar surface area (TPSA) is 93.1 Å². The molecule has 128 valence electrons. The molecule has 0 saturated carbocycles. The van der Waals surface area contributed by atoms with Gasteiger partial charge in [-0.05, 0) is 19.8 Å². The van der Waals surface area contributed by atoms with Crippen molar-refractivity contribution in [2.45, 2.75) is 51.2 Å². The number of carboxylic acid groups (broad SMARTS) is 1. The van der Waals surface area contributed by atoms with Crippen LogP contribution in [0.15, 0.2) is 12.2 Å². The molecule has 0 spiro atoms. The lowest BCUT2D eigenvalue weighted by molar-refractivity contribution is -0.165. The summed E-state index contributed by atoms with van der Waals surface area (Å²) in [5.74, 6) is -1.78. The maximum atomic E-state index is 12.2. The van der Waals surface area contributed by atoms with Crippen LogP contribution in [0.1, 0.15) is 32.6 Å². The van der Waals surface area contributed by atoms with E-state index in [1.165, 1.54) is 6.92 Å². The van der Waals surface area contributed by atoms with E-state index in [0.29, 0.717) is 6.42 Å². The van der Waals surface area contributed by atoms with Crippen molar-refractivity contribution in [3.63, 3.8) is 0 Å². The Morgan fingerprint density at radius 2 is 1.86 bits per heavy atom. The van der Waals surface area contributed by atoms with Crippen LogP contribution in [0.4, 0.5) is 13.2 Å². The molecule has 0 aromatic carbocycles. The molecule has 9 heteroatoms. The summed E-state index contributed by atoms with van der Waals surface area (Å²) in [4.78, 5) is 21.3. The molecule has 0 bridgehead atoms. The fourth-order valence-electron chi connectivity index (χ4n) is 1.35. The van der Waals surface area contributed by atoms with Crippen molar-refractivity contribution in [2.75, 3.05) is 6.61 Å². The Balaban J connectivity index is 3.86. The van der Waals surface area contributed by atoms with Crippen LogP contribution in [0.5, 0.6) is 0 Å². The quantitative estimate of drug-likeness (QED) is 0.276. The number of carbonyl (C=O) groups is 2. The van der Waals surface area contributed by atoms with Gasteiger partial charge in [0.15, 0.2) is 6.29 Å². The van der Waals surface area contributed by atoms with E-state index < -0.39 is 36.1 Å². The average molecular weight is 328 g/mol. The number of esters is 1. The first-order valence-corrected chi connectivity index (χ1v) is 6.51. The second-order valence-electron chi connectivity index (χ2n) is 4.58. The maximum absolute atomic E-state index is 12.2. The van der Waals surface area contributed by atoms with Crippen LogP contribution in [0.3, 0.4) is 0 Å². The lowest BCUT2D eigenvalue weighted by atomic mass is 10.2. The predicted octanol–water partition coefficient (Wildman–Crippen LogP) is 2.02. The summed E-state index contributed by atoms with van der Waals surface area (Å²) in [6, 6.07) is 0. The van der Waals surface area contributed by atoms with Crippen molar-refractivity contribution in [3.8, 4) is 0 Å². The minimum absolute atomic E-state index is 0.0114. The first kappa shape index (κ1) is 20.4. The zero-order valence-electron chi connectivity index (χ0n) is 12.1. The SMILES string of the molecule is C=C(C(O)OC(C)CCCOC(=O)CCC(=O)O)C(F)(F)F. The van der Waals surface area contributed by atoms with Crippen LogP contribution >= 0.6 is 0 Å². The summed E-state index contributed by atoms with van der Waals surface area (Å²) in [6.07, 6.45) is -7.62. The molecule has 0 amide bonds. The summed E-state index contributed by atoms with van der Waals surface area (Å²) in [6.45, 7) is 4.16. The number of ether oxygens (including phenoxy) is 2. The fourth-order valence-corrected chi connectivity index (χ4v) is 1.35. The van der Waals surface area contributed by atoms with Gasteiger partial charge in [0.25, 0.3) is 0 Å². The molecule has 0 heterocycles. The Bertz CT molecular complexity index is 394. The molecule has 0 rings (SSSR count). The highest BCUT2D eigenvalue weighted by Crippen LogP contribution is 2.27. The van der Waals surface area contributed by atoms with Crippen molar-refractivity contribution in [2.24, 2.45) is 0 Å². The minimum Gasteiger partial charge on any atom is -0.481 e. The summed E-state index contributed by atoms with van der Waals surface area (Å²) < 4.78 is 46.2. The van der Waals surface area contributed by atoms with Gasteiger partial charge in [0.05, 0.1) is 31.1 Å². The number of carboxylic acids is 1. The minimum atomic E-state index is -4.74. The van der Waals surface area contributed by atoms with Crippen LogP contribution in [0.2, 0.25) is 0 Å². The summed E-state index contributed by atoms with van der Waals surface area (Å²) in [5.41, 5.74) is -1.39. The van der Waals surface area contributed by atoms with E-state index in [4.69, 9.17) is 14.6 Å². The Kier molecular flexibility index (Phi) is 8.73. The van der Waals surface area contributed by atoms with E-state index in [2.05, 4.69) is 6.58 Å². The lowest BCUT2D eigenvalue weighted by Gasteiger charge is -2.21. The van der Waals surface area contributed by atoms with Crippen molar-refractivity contribution in [1.29, 1.82) is 0 Å². The average Bonchev–Trinajstić information content (AvgIpc) is 2.39. The predicted molar refractivity (Wildman–Crippen MR) is 68.8 cm³/mol. The number of hydrogen-bond donors (Lipinski definition) is 2. The number of hydrogen-bond acceptors (Lipinski definition) is 5. The third kappa shape index (κ3) is 9.35. The van der Waals surface area contributed by atoms with Gasteiger partial charge in [0.2, 0.25) is 0 Å². The highest BCUT2D eigenvalue weighted by molar-refractivity contribution is 5.76. The molecule has 2 atom stereocenters. The Labute approximate surface area is 125 Å². The monoisotopic (exact) mass is 328 g/mol. The normalized spacial score (nSPS) is 14.2. The van der Waals surface area contributed by atoms with Gasteiger partial charge >= 0.3 is 18.1 Å². The third-order valence-electron chi connectivity index (χ3n) is 2.58. The number of aliphatic hydroxyl groups excluding tert-OH is 1. The highest BCUT2D eigenvalue weighted by atomic mass is 19.4. The summed E-state index contributed by atoms with van der Waals surface area (Å²) >= 11 is 0. The molecule has 0 aliphatic carbocycles. The summed E-state index contributed by atoms with van der Waals surface area (Å²) in [5, 5.41) is 17.6. The second kappa shape index (κ2) is 9.42. The van der Waals surface area contributed by atoms with Gasteiger partial charge in [-0.3, -0.25) is 9.59 Å². The van der Waals surface area contributed by atoms with Gasteiger partial charge in [-0.1, -0.05) is 6.58 Å². The number of rotatable bonds is 10. The molecule has 6 nitrogen and oxygen atoms in total. The van der Waals surface area contributed by atoms with Gasteiger partial charge in [-0.15, -0.1) is 0 Å². The van der Waals surface area contributed by atoms with Crippen LogP contribution in [-0.2, 0) is 19.1 Å². The van der Waals surface area contributed by atoms with Crippen molar-refractivity contribution in [3.05, 3.63) is 12.2 Å². The molecule has 0 saturated heterocycles. The number of alkyl halides is 3. The molecule has 0 fully saturated rings. The van der Waals surface area contributed by atoms with Crippen LogP contribution in [0.25, 0.3) is 0 Å². The van der Waals surface area contributed by atoms with Crippen LogP contribution in [-0.4, -0.2) is 47.3 Å². The molecular weight excluding hydrogens is 309 g/mol. The lowest BCUT2D eigenvalue weighted by Crippen LogP contribution is -2.28. The van der Waals surface area contributed by atoms with E-state index in [0.717, 1.165) is 0 Å². The smallest absolute Gasteiger partial charge is 0.416 e. The van der Waals surface area contributed by atoms with Crippen molar-refractivity contribution >= 4 is 11.9 Å². The van der Waals surface area contributed by atoms with E-state index in [1.54, 1.807) is 0 Å². The molecule has 0 aromatic rings. The zero-order chi connectivity index (χ0) is 17.3. The molecule has 0 radical (unpaired) electrons. The van der Waals surface area contributed by atoms with E-state index in [-0.39, 0.29) is 25.9 Å². The van der Waals surface area contributed by atoms with Crippen molar-refractivity contribution in [1.82, 2.24) is 0 Å². The Morgan fingerprint density at radius 3 is 2.36 bits per heavy atom. The first-order valence-electron chi connectivity index (χ1n) is 6.51. The van der Waals surface area contributed by atoms with E-state index >= 15 is 0 Å². The van der Waals surface area contributed by atoms with Gasteiger partial charge in [-0.2, -0.15) is 13.2 Å². The van der Waals surface area contributed by atoms with E-state index in [1.807, 2.05) is 0 Å². The highest BCUT2D eigenvalue weighted by Gasteiger charge is 2.37. The molecule has 2 N–H and O–H groups in total. The third-order valence-corrected chi connectivity index (χ3v) is 2.58. The number of aliphatic hydroxyl groups is 1. The van der Waals surface area contributed by atoms with Crippen LogP contribution < -0.4 is 0 Å². The fraction of sp³-hybridized carbons (Fsp3) is 0.692. The number of aliphatic carboxylic acids is 1. The maximum Gasteiger partial charge on any atom is 0.416 e. The Hall–Kier alpha value is -1.61. The standard InChI is InChI=1S/C13H19F3O6/c1-8(22-12(20)9(2)13(14,15)16)4-3-7-21-11(19)6-5-10(17)18/h8,12,20H,2-7H2,1H3,(H,17,18). The molecule has 22 heavy (non-hydrogen) atoms. The molecule has 0 aromatic heterocycles. The second-order valence-corrected chi connectivity index (χ2v) is 4.58. The van der Waals surface area contributed by atoms with Crippen molar-refractivity contribution < 1.29 is 42.4 Å². The first-order chi connectivity index (χ1) is 10.0. The Morgan fingerprint density at radius 1 is 1.27 bits per heavy atom. The van der Waals surface area contributed by atoms with Gasteiger partial charge in [0.1, 0.15) is 0 Å². The van der Waals surface area contributed by atoms with E-state index in [9.17, 15) is 27.9 Å². The van der Waals surface area contributed by atoms with Gasteiger partial charge in [-0.25, -0.2) is 0 Å². The van der Waals surface area contributed by atoms with Crippen LogP contribution in [0, 0.1) is 0 Å². The zero-order valence-corrected chi connectivity index (χ0v) is 12.1. The largest absolute Gasteiger partial charge is 0.481 e. The summed E-state index contributed by atoms with van der Waals surface area (Å²) in [7, 11) is 0. The molecule has 2 unspecified atom stereocenters. The van der Waals surface area contributed by atoms with Gasteiger partial charge in [0, 0.05) is 0 Å². The number of carbonyl (C=O) groups excluding carboxylic acids is 1. The van der Waals surface area contributed by atoms with Gasteiger partial charge < -0.3 is 19.7 Å². The molecule has 0 aliphatic heterocycles. The number of halogens is 3. The molecule has 0 aliphatic rings. The molecular formula is C13H19F3O6.